The molecule has 0 unspecified atom stereocenters. The van der Waals surface area contributed by atoms with Crippen molar-refractivity contribution in [1.29, 1.82) is 0 Å². The van der Waals surface area contributed by atoms with Crippen LogP contribution < -0.4 is 5.32 Å². The number of rotatable bonds is 7. The number of thioether (sulfide) groups is 1. The third-order valence-electron chi connectivity index (χ3n) is 3.18. The summed E-state index contributed by atoms with van der Waals surface area (Å²) in [6.07, 6.45) is 1.18. The van der Waals surface area contributed by atoms with Gasteiger partial charge in [0.15, 0.2) is 9.84 Å². The molecule has 0 saturated heterocycles. The summed E-state index contributed by atoms with van der Waals surface area (Å²) < 4.78 is 22.8. The number of nitrogens with zero attached hydrogens (tertiary/aromatic N) is 1. The number of hydrogen-bond acceptors (Lipinski definition) is 5. The molecule has 1 heterocycles. The second kappa shape index (κ2) is 8.89. The lowest BCUT2D eigenvalue weighted by atomic mass is 10.2. The molecule has 0 aliphatic heterocycles. The first-order valence-electron chi connectivity index (χ1n) is 7.24. The van der Waals surface area contributed by atoms with Crippen LogP contribution >= 0.6 is 35.0 Å². The highest BCUT2D eigenvalue weighted by Gasteiger charge is 2.08. The lowest BCUT2D eigenvalue weighted by molar-refractivity contribution is 0.0956. The van der Waals surface area contributed by atoms with E-state index < -0.39 is 9.84 Å². The van der Waals surface area contributed by atoms with Crippen LogP contribution in [-0.4, -0.2) is 37.9 Å². The fourth-order valence-corrected chi connectivity index (χ4v) is 3.87. The van der Waals surface area contributed by atoms with E-state index in [9.17, 15) is 13.2 Å². The van der Waals surface area contributed by atoms with Gasteiger partial charge in [-0.3, -0.25) is 4.79 Å². The van der Waals surface area contributed by atoms with Crippen LogP contribution in [0.15, 0.2) is 41.3 Å². The summed E-state index contributed by atoms with van der Waals surface area (Å²) in [4.78, 5) is 16.1. The second-order valence-corrected chi connectivity index (χ2v) is 9.12. The molecule has 134 valence electrons. The third kappa shape index (κ3) is 6.51. The molecule has 1 aromatic heterocycles. The minimum Gasteiger partial charge on any atom is -0.351 e. The molecule has 1 amide bonds. The topological polar surface area (TPSA) is 76.1 Å². The SMILES string of the molecule is CS(=O)(=O)c1ccc(CSCCNC(=O)c2cc(Cl)nc(Cl)c2)cc1. The van der Waals surface area contributed by atoms with Crippen LogP contribution in [0.2, 0.25) is 10.3 Å². The molecule has 25 heavy (non-hydrogen) atoms. The lowest BCUT2D eigenvalue weighted by Gasteiger charge is -2.06. The molecule has 2 rings (SSSR count). The van der Waals surface area contributed by atoms with Crippen LogP contribution in [0.1, 0.15) is 15.9 Å². The Morgan fingerprint density at radius 1 is 1.16 bits per heavy atom. The molecule has 0 fully saturated rings. The highest BCUT2D eigenvalue weighted by Crippen LogP contribution is 2.16. The largest absolute Gasteiger partial charge is 0.351 e. The molecule has 0 bridgehead atoms. The van der Waals surface area contributed by atoms with Crippen molar-refractivity contribution in [3.05, 3.63) is 57.8 Å². The first-order chi connectivity index (χ1) is 11.8. The van der Waals surface area contributed by atoms with E-state index in [1.165, 1.54) is 18.4 Å². The standard InChI is InChI=1S/C16H16Cl2N2O3S2/c1-25(22,23)13-4-2-11(3-5-13)10-24-7-6-19-16(21)12-8-14(17)20-15(18)9-12/h2-5,8-9H,6-7,10H2,1H3,(H,19,21). The van der Waals surface area contributed by atoms with Gasteiger partial charge in [0.05, 0.1) is 4.90 Å². The number of carbonyl (C=O) groups excluding carboxylic acids is 1. The molecule has 0 atom stereocenters. The van der Waals surface area contributed by atoms with Crippen LogP contribution in [0, 0.1) is 0 Å². The Hall–Kier alpha value is -1.28. The smallest absolute Gasteiger partial charge is 0.251 e. The van der Waals surface area contributed by atoms with Crippen molar-refractivity contribution in [2.24, 2.45) is 0 Å². The molecular weight excluding hydrogens is 403 g/mol. The van der Waals surface area contributed by atoms with Gasteiger partial charge in [-0.15, -0.1) is 0 Å². The Balaban J connectivity index is 1.75. The van der Waals surface area contributed by atoms with Crippen molar-refractivity contribution in [2.75, 3.05) is 18.6 Å². The number of halogens is 2. The quantitative estimate of drug-likeness (QED) is 0.550. The van der Waals surface area contributed by atoms with E-state index >= 15 is 0 Å². The van der Waals surface area contributed by atoms with Gasteiger partial charge in [-0.25, -0.2) is 13.4 Å². The average molecular weight is 419 g/mol. The maximum atomic E-state index is 12.0. The van der Waals surface area contributed by atoms with Gasteiger partial charge in [-0.1, -0.05) is 35.3 Å². The van der Waals surface area contributed by atoms with Crippen molar-refractivity contribution in [3.63, 3.8) is 0 Å². The molecule has 0 radical (unpaired) electrons. The lowest BCUT2D eigenvalue weighted by Crippen LogP contribution is -2.25. The van der Waals surface area contributed by atoms with Crippen molar-refractivity contribution in [1.82, 2.24) is 10.3 Å². The number of carbonyl (C=O) groups is 1. The van der Waals surface area contributed by atoms with Crippen LogP contribution in [0.5, 0.6) is 0 Å². The summed E-state index contributed by atoms with van der Waals surface area (Å²) in [7, 11) is -3.17. The molecule has 5 nitrogen and oxygen atoms in total. The zero-order chi connectivity index (χ0) is 18.4. The predicted molar refractivity (Wildman–Crippen MR) is 102 cm³/mol. The molecule has 0 saturated carbocycles. The van der Waals surface area contributed by atoms with Crippen molar-refractivity contribution in [2.45, 2.75) is 10.6 Å². The first kappa shape index (κ1) is 20.0. The van der Waals surface area contributed by atoms with Gasteiger partial charge in [-0.2, -0.15) is 11.8 Å². The number of pyridine rings is 1. The Morgan fingerprint density at radius 2 is 1.76 bits per heavy atom. The van der Waals surface area contributed by atoms with E-state index in [4.69, 9.17) is 23.2 Å². The fourth-order valence-electron chi connectivity index (χ4n) is 1.96. The Labute approximate surface area is 161 Å². The zero-order valence-electron chi connectivity index (χ0n) is 13.3. The molecule has 1 aromatic carbocycles. The monoisotopic (exact) mass is 418 g/mol. The van der Waals surface area contributed by atoms with Gasteiger partial charge in [-0.05, 0) is 29.8 Å². The minimum absolute atomic E-state index is 0.171. The van der Waals surface area contributed by atoms with E-state index in [0.29, 0.717) is 22.8 Å². The molecule has 0 aliphatic rings. The van der Waals surface area contributed by atoms with Gasteiger partial charge in [0.1, 0.15) is 10.3 Å². The van der Waals surface area contributed by atoms with Gasteiger partial charge < -0.3 is 5.32 Å². The Bertz CT molecular complexity index is 836. The Morgan fingerprint density at radius 3 is 2.32 bits per heavy atom. The van der Waals surface area contributed by atoms with Crippen LogP contribution in [0.25, 0.3) is 0 Å². The highest BCUT2D eigenvalue weighted by atomic mass is 35.5. The van der Waals surface area contributed by atoms with Gasteiger partial charge >= 0.3 is 0 Å². The average Bonchev–Trinajstić information content (AvgIpc) is 2.53. The van der Waals surface area contributed by atoms with E-state index in [-0.39, 0.29) is 16.2 Å². The molecule has 0 spiro atoms. The number of benzene rings is 1. The number of aromatic nitrogens is 1. The summed E-state index contributed by atoms with van der Waals surface area (Å²) in [6.45, 7) is 0.489. The maximum absolute atomic E-state index is 12.0. The fraction of sp³-hybridized carbons (Fsp3) is 0.250. The molecule has 0 aliphatic carbocycles. The van der Waals surface area contributed by atoms with Gasteiger partial charge in [0, 0.05) is 29.9 Å². The summed E-state index contributed by atoms with van der Waals surface area (Å²) in [5, 5.41) is 3.13. The van der Waals surface area contributed by atoms with E-state index in [1.807, 2.05) is 0 Å². The van der Waals surface area contributed by atoms with Crippen molar-refractivity contribution >= 4 is 50.7 Å². The molecule has 2 aromatic rings. The molecule has 1 N–H and O–H groups in total. The molecule has 9 heteroatoms. The third-order valence-corrected chi connectivity index (χ3v) is 5.72. The summed E-state index contributed by atoms with van der Waals surface area (Å²) >= 11 is 13.2. The summed E-state index contributed by atoms with van der Waals surface area (Å²) in [5.41, 5.74) is 1.39. The normalized spacial score (nSPS) is 11.3. The van der Waals surface area contributed by atoms with Crippen molar-refractivity contribution < 1.29 is 13.2 Å². The number of sulfone groups is 1. The predicted octanol–water partition coefficient (Wildman–Crippen LogP) is 3.46. The number of hydrogen-bond donors (Lipinski definition) is 1. The van der Waals surface area contributed by atoms with Crippen molar-refractivity contribution in [3.8, 4) is 0 Å². The first-order valence-corrected chi connectivity index (χ1v) is 11.0. The van der Waals surface area contributed by atoms with E-state index in [2.05, 4.69) is 10.3 Å². The van der Waals surface area contributed by atoms with E-state index in [1.54, 1.807) is 36.0 Å². The van der Waals surface area contributed by atoms with Crippen LogP contribution in [0.4, 0.5) is 0 Å². The van der Waals surface area contributed by atoms with Crippen LogP contribution in [-0.2, 0) is 15.6 Å². The maximum Gasteiger partial charge on any atom is 0.251 e. The number of amides is 1. The van der Waals surface area contributed by atoms with E-state index in [0.717, 1.165) is 11.3 Å². The Kier molecular flexibility index (Phi) is 7.13. The van der Waals surface area contributed by atoms with Gasteiger partial charge in [0.25, 0.3) is 5.91 Å². The summed E-state index contributed by atoms with van der Waals surface area (Å²) in [6, 6.07) is 9.71. The second-order valence-electron chi connectivity index (χ2n) is 5.23. The highest BCUT2D eigenvalue weighted by molar-refractivity contribution is 7.98. The minimum atomic E-state index is -3.17. The molecular formula is C16H16Cl2N2O3S2. The van der Waals surface area contributed by atoms with Gasteiger partial charge in [0.2, 0.25) is 0 Å². The summed E-state index contributed by atoms with van der Waals surface area (Å²) in [5.74, 6) is 1.18. The van der Waals surface area contributed by atoms with Crippen LogP contribution in [0.3, 0.4) is 0 Å². The zero-order valence-corrected chi connectivity index (χ0v) is 16.5. The number of nitrogens with one attached hydrogen (secondary N) is 1.